The van der Waals surface area contributed by atoms with Gasteiger partial charge in [-0.15, -0.1) is 5.10 Å². The molecule has 1 aromatic carbocycles. The van der Waals surface area contributed by atoms with E-state index in [-0.39, 0.29) is 5.02 Å². The molecule has 0 saturated carbocycles. The van der Waals surface area contributed by atoms with Crippen molar-refractivity contribution in [3.05, 3.63) is 40.9 Å². The molecule has 0 fully saturated rings. The first-order valence-corrected chi connectivity index (χ1v) is 6.74. The summed E-state index contributed by atoms with van der Waals surface area (Å²) in [4.78, 5) is 0. The number of hydrogen-bond donors (Lipinski definition) is 1. The lowest BCUT2D eigenvalue weighted by Gasteiger charge is -2.06. The largest absolute Gasteiger partial charge is 0.492 e. The Morgan fingerprint density at radius 3 is 3.05 bits per heavy atom. The SMILES string of the molecule is CCNCc1cn(CCOc2ccc(F)c(Cl)c2)nn1. The smallest absolute Gasteiger partial charge is 0.142 e. The maximum atomic E-state index is 13.0. The molecule has 0 atom stereocenters. The van der Waals surface area contributed by atoms with Gasteiger partial charge in [-0.25, -0.2) is 9.07 Å². The second-order valence-corrected chi connectivity index (χ2v) is 4.58. The van der Waals surface area contributed by atoms with Crippen LogP contribution in [0.4, 0.5) is 4.39 Å². The molecule has 0 bridgehead atoms. The highest BCUT2D eigenvalue weighted by Gasteiger charge is 2.03. The molecule has 2 aromatic rings. The minimum absolute atomic E-state index is 0.0520. The van der Waals surface area contributed by atoms with Crippen molar-refractivity contribution in [2.24, 2.45) is 0 Å². The van der Waals surface area contributed by atoms with E-state index in [1.54, 1.807) is 10.7 Å². The monoisotopic (exact) mass is 298 g/mol. The summed E-state index contributed by atoms with van der Waals surface area (Å²) in [6.07, 6.45) is 1.86. The number of ether oxygens (including phenoxy) is 1. The van der Waals surface area contributed by atoms with E-state index >= 15 is 0 Å². The van der Waals surface area contributed by atoms with E-state index in [4.69, 9.17) is 16.3 Å². The number of hydrogen-bond acceptors (Lipinski definition) is 4. The third-order valence-corrected chi connectivity index (χ3v) is 2.91. The van der Waals surface area contributed by atoms with Crippen LogP contribution in [0.2, 0.25) is 5.02 Å². The maximum absolute atomic E-state index is 13.0. The molecule has 0 spiro atoms. The third kappa shape index (κ3) is 4.18. The normalized spacial score (nSPS) is 10.8. The predicted molar refractivity (Wildman–Crippen MR) is 74.3 cm³/mol. The van der Waals surface area contributed by atoms with Crippen molar-refractivity contribution in [3.8, 4) is 5.75 Å². The van der Waals surface area contributed by atoms with Gasteiger partial charge >= 0.3 is 0 Å². The molecule has 5 nitrogen and oxygen atoms in total. The number of nitrogens with zero attached hydrogens (tertiary/aromatic N) is 3. The standard InChI is InChI=1S/C13H16ClFN4O/c1-2-16-8-10-9-19(18-17-10)5-6-20-11-3-4-13(15)12(14)7-11/h3-4,7,9,16H,2,5-6,8H2,1H3. The van der Waals surface area contributed by atoms with Crippen molar-refractivity contribution in [3.63, 3.8) is 0 Å². The Kier molecular flexibility index (Phi) is 5.31. The zero-order valence-corrected chi connectivity index (χ0v) is 11.9. The van der Waals surface area contributed by atoms with E-state index in [0.29, 0.717) is 25.4 Å². The Labute approximate surface area is 121 Å². The van der Waals surface area contributed by atoms with E-state index < -0.39 is 5.82 Å². The van der Waals surface area contributed by atoms with Gasteiger partial charge in [-0.3, -0.25) is 0 Å². The summed E-state index contributed by atoms with van der Waals surface area (Å²) in [7, 11) is 0. The van der Waals surface area contributed by atoms with E-state index in [1.165, 1.54) is 12.1 Å². The molecule has 1 aromatic heterocycles. The molecular weight excluding hydrogens is 283 g/mol. The van der Waals surface area contributed by atoms with E-state index in [1.807, 2.05) is 13.1 Å². The molecule has 1 heterocycles. The van der Waals surface area contributed by atoms with Crippen LogP contribution in [0.5, 0.6) is 5.75 Å². The van der Waals surface area contributed by atoms with Crippen molar-refractivity contribution in [2.75, 3.05) is 13.2 Å². The quantitative estimate of drug-likeness (QED) is 0.852. The van der Waals surface area contributed by atoms with Crippen LogP contribution in [-0.2, 0) is 13.1 Å². The van der Waals surface area contributed by atoms with Gasteiger partial charge in [0.15, 0.2) is 0 Å². The molecule has 0 unspecified atom stereocenters. The zero-order valence-electron chi connectivity index (χ0n) is 11.1. The van der Waals surface area contributed by atoms with Crippen LogP contribution in [0, 0.1) is 5.82 Å². The maximum Gasteiger partial charge on any atom is 0.142 e. The summed E-state index contributed by atoms with van der Waals surface area (Å²) in [5.41, 5.74) is 0.886. The summed E-state index contributed by atoms with van der Waals surface area (Å²) < 4.78 is 20.2. The Hall–Kier alpha value is -1.66. The fourth-order valence-electron chi connectivity index (χ4n) is 1.61. The van der Waals surface area contributed by atoms with Crippen molar-refractivity contribution >= 4 is 11.6 Å². The van der Waals surface area contributed by atoms with Gasteiger partial charge < -0.3 is 10.1 Å². The van der Waals surface area contributed by atoms with Crippen LogP contribution < -0.4 is 10.1 Å². The first-order valence-electron chi connectivity index (χ1n) is 6.36. The van der Waals surface area contributed by atoms with Gasteiger partial charge in [-0.2, -0.15) is 0 Å². The summed E-state index contributed by atoms with van der Waals surface area (Å²) in [5, 5.41) is 11.2. The van der Waals surface area contributed by atoms with Crippen LogP contribution in [0.25, 0.3) is 0 Å². The minimum atomic E-state index is -0.455. The second-order valence-electron chi connectivity index (χ2n) is 4.18. The van der Waals surface area contributed by atoms with Crippen molar-refractivity contribution < 1.29 is 9.13 Å². The minimum Gasteiger partial charge on any atom is -0.492 e. The molecule has 108 valence electrons. The second kappa shape index (κ2) is 7.21. The highest BCUT2D eigenvalue weighted by Crippen LogP contribution is 2.20. The summed E-state index contributed by atoms with van der Waals surface area (Å²) in [5.74, 6) is 0.0766. The first kappa shape index (κ1) is 14.7. The first-order chi connectivity index (χ1) is 9.69. The van der Waals surface area contributed by atoms with Crippen molar-refractivity contribution in [1.82, 2.24) is 20.3 Å². The third-order valence-electron chi connectivity index (χ3n) is 2.62. The molecule has 7 heteroatoms. The molecule has 0 radical (unpaired) electrons. The van der Waals surface area contributed by atoms with Gasteiger partial charge in [0.2, 0.25) is 0 Å². The number of benzene rings is 1. The lowest BCUT2D eigenvalue weighted by molar-refractivity contribution is 0.289. The molecule has 0 saturated heterocycles. The van der Waals surface area contributed by atoms with Crippen LogP contribution >= 0.6 is 11.6 Å². The van der Waals surface area contributed by atoms with Crippen LogP contribution in [-0.4, -0.2) is 28.1 Å². The van der Waals surface area contributed by atoms with E-state index in [9.17, 15) is 4.39 Å². The van der Waals surface area contributed by atoms with Gasteiger partial charge in [0.1, 0.15) is 18.2 Å². The van der Waals surface area contributed by atoms with E-state index in [2.05, 4.69) is 15.6 Å². The predicted octanol–water partition coefficient (Wildman–Crippen LogP) is 2.26. The zero-order chi connectivity index (χ0) is 14.4. The highest BCUT2D eigenvalue weighted by molar-refractivity contribution is 6.30. The number of halogens is 2. The summed E-state index contributed by atoms with van der Waals surface area (Å²) in [6, 6.07) is 4.27. The molecule has 2 rings (SSSR count). The lowest BCUT2D eigenvalue weighted by atomic mass is 10.3. The number of nitrogens with one attached hydrogen (secondary N) is 1. The highest BCUT2D eigenvalue weighted by atomic mass is 35.5. The summed E-state index contributed by atoms with van der Waals surface area (Å²) >= 11 is 5.67. The fourth-order valence-corrected chi connectivity index (χ4v) is 1.78. The summed E-state index contributed by atoms with van der Waals surface area (Å²) in [6.45, 7) is 4.60. The molecule has 0 aliphatic heterocycles. The molecule has 0 aliphatic carbocycles. The van der Waals surface area contributed by atoms with Crippen molar-refractivity contribution in [1.29, 1.82) is 0 Å². The van der Waals surface area contributed by atoms with Crippen LogP contribution in [0.3, 0.4) is 0 Å². The Morgan fingerprint density at radius 1 is 1.45 bits per heavy atom. The van der Waals surface area contributed by atoms with Crippen molar-refractivity contribution in [2.45, 2.75) is 20.0 Å². The average Bonchev–Trinajstić information content (AvgIpc) is 2.88. The van der Waals surface area contributed by atoms with Crippen LogP contribution in [0.15, 0.2) is 24.4 Å². The molecule has 0 aliphatic rings. The molecule has 20 heavy (non-hydrogen) atoms. The Bertz CT molecular complexity index is 561. The van der Waals surface area contributed by atoms with Gasteiger partial charge in [0, 0.05) is 18.8 Å². The molecule has 1 N–H and O–H groups in total. The lowest BCUT2D eigenvalue weighted by Crippen LogP contribution is -2.12. The van der Waals surface area contributed by atoms with Crippen LogP contribution in [0.1, 0.15) is 12.6 Å². The van der Waals surface area contributed by atoms with Gasteiger partial charge in [-0.1, -0.05) is 23.7 Å². The van der Waals surface area contributed by atoms with Gasteiger partial charge in [-0.05, 0) is 18.7 Å². The molecular formula is C13H16ClFN4O. The van der Waals surface area contributed by atoms with Gasteiger partial charge in [0.25, 0.3) is 0 Å². The average molecular weight is 299 g/mol. The Morgan fingerprint density at radius 2 is 2.30 bits per heavy atom. The fraction of sp³-hybridized carbons (Fsp3) is 0.385. The van der Waals surface area contributed by atoms with Gasteiger partial charge in [0.05, 0.1) is 17.3 Å². The molecule has 0 amide bonds. The number of aromatic nitrogens is 3. The van der Waals surface area contributed by atoms with E-state index in [0.717, 1.165) is 12.2 Å². The topological polar surface area (TPSA) is 52.0 Å². The Balaban J connectivity index is 1.80. The number of rotatable bonds is 7.